The molecular formula is C7H9BrN3NaO3. The Morgan fingerprint density at radius 1 is 1.60 bits per heavy atom. The predicted molar refractivity (Wildman–Crippen MR) is 57.7 cm³/mol. The number of halogens is 1. The first-order valence-electron chi connectivity index (χ1n) is 3.44. The molecule has 0 spiro atoms. The summed E-state index contributed by atoms with van der Waals surface area (Å²) in [6, 6.07) is 5.57. The van der Waals surface area contributed by atoms with Gasteiger partial charge in [0, 0.05) is 4.47 Å². The number of nitrogens with zero attached hydrogens (tertiary/aromatic N) is 1. The molecule has 0 aliphatic carbocycles. The van der Waals surface area contributed by atoms with E-state index in [2.05, 4.69) is 21.4 Å². The van der Waals surface area contributed by atoms with Gasteiger partial charge in [0.25, 0.3) is 0 Å². The number of nitrogens with two attached hydrogens (primary N) is 1. The van der Waals surface area contributed by atoms with Crippen LogP contribution in [0.3, 0.4) is 0 Å². The quantitative estimate of drug-likeness (QED) is 0.314. The fourth-order valence-electron chi connectivity index (χ4n) is 0.784. The molecule has 0 fully saturated rings. The summed E-state index contributed by atoms with van der Waals surface area (Å²) >= 11 is 3.32. The second-order valence-corrected chi connectivity index (χ2v) is 2.98. The van der Waals surface area contributed by atoms with E-state index in [1.807, 2.05) is 18.2 Å². The maximum Gasteiger partial charge on any atom is 1.00 e. The summed E-state index contributed by atoms with van der Waals surface area (Å²) in [6.07, 6.45) is 0. The molecule has 0 bridgehead atoms. The van der Waals surface area contributed by atoms with Gasteiger partial charge >= 0.3 is 29.6 Å². The summed E-state index contributed by atoms with van der Waals surface area (Å²) in [5.74, 6) is 5.95. The van der Waals surface area contributed by atoms with Gasteiger partial charge in [0.15, 0.2) is 0 Å². The van der Waals surface area contributed by atoms with E-state index in [4.69, 9.17) is 20.7 Å². The van der Waals surface area contributed by atoms with Crippen LogP contribution >= 0.6 is 15.9 Å². The standard InChI is InChI=1S/C7H9BrN2O.HNO2.Na/c1-11-7-4-5(8)2-3-6(7)10-9;2-1-3;/h2-4,10H,9H2,1H3;(H,2,3);/q;;+1/p-1. The van der Waals surface area contributed by atoms with Crippen LogP contribution in [0.15, 0.2) is 28.0 Å². The second-order valence-electron chi connectivity index (χ2n) is 2.06. The second kappa shape index (κ2) is 10.2. The van der Waals surface area contributed by atoms with Crippen molar-refractivity contribution in [3.8, 4) is 5.75 Å². The van der Waals surface area contributed by atoms with Crippen LogP contribution in [0.4, 0.5) is 5.69 Å². The number of benzene rings is 1. The molecule has 78 valence electrons. The van der Waals surface area contributed by atoms with Crippen LogP contribution in [0.25, 0.3) is 0 Å². The monoisotopic (exact) mass is 285 g/mol. The SMILES string of the molecule is COc1cc(Br)ccc1NN.O=N[O-].[Na+]. The van der Waals surface area contributed by atoms with Crippen molar-refractivity contribution < 1.29 is 34.3 Å². The van der Waals surface area contributed by atoms with E-state index in [1.54, 1.807) is 7.11 Å². The van der Waals surface area contributed by atoms with Crippen molar-refractivity contribution in [3.05, 3.63) is 32.8 Å². The van der Waals surface area contributed by atoms with E-state index in [0.29, 0.717) is 0 Å². The molecule has 0 amide bonds. The Morgan fingerprint density at radius 2 is 2.13 bits per heavy atom. The Bertz CT molecular complexity index is 301. The average molecular weight is 286 g/mol. The molecule has 15 heavy (non-hydrogen) atoms. The molecule has 1 aromatic rings. The van der Waals surface area contributed by atoms with Crippen LogP contribution in [0.2, 0.25) is 0 Å². The zero-order chi connectivity index (χ0) is 11.0. The number of anilines is 1. The molecule has 8 heteroatoms. The minimum Gasteiger partial charge on any atom is -0.494 e. The minimum atomic E-state index is 0. The van der Waals surface area contributed by atoms with Gasteiger partial charge in [0.05, 0.1) is 12.8 Å². The number of methoxy groups -OCH3 is 1. The number of hydrogen-bond donors (Lipinski definition) is 2. The van der Waals surface area contributed by atoms with Gasteiger partial charge < -0.3 is 20.3 Å². The summed E-state index contributed by atoms with van der Waals surface area (Å²) in [4.78, 5) is 8.00. The minimum absolute atomic E-state index is 0. The molecule has 0 saturated carbocycles. The third-order valence-corrected chi connectivity index (χ3v) is 1.81. The van der Waals surface area contributed by atoms with Gasteiger partial charge in [-0.25, -0.2) is 0 Å². The maximum absolute atomic E-state index is 8.00. The van der Waals surface area contributed by atoms with Gasteiger partial charge in [-0.2, -0.15) is 0 Å². The molecule has 1 aromatic carbocycles. The summed E-state index contributed by atoms with van der Waals surface area (Å²) in [7, 11) is 1.60. The van der Waals surface area contributed by atoms with E-state index in [9.17, 15) is 0 Å². The molecule has 0 radical (unpaired) electrons. The van der Waals surface area contributed by atoms with Gasteiger partial charge in [-0.05, 0) is 18.2 Å². The first-order chi connectivity index (χ1) is 6.69. The van der Waals surface area contributed by atoms with Crippen molar-refractivity contribution in [2.45, 2.75) is 0 Å². The number of hydrogen-bond acceptors (Lipinski definition) is 6. The smallest absolute Gasteiger partial charge is 0.494 e. The molecule has 0 heterocycles. The molecule has 0 aromatic heterocycles. The van der Waals surface area contributed by atoms with E-state index < -0.39 is 0 Å². The third-order valence-electron chi connectivity index (χ3n) is 1.32. The summed E-state index contributed by atoms with van der Waals surface area (Å²) in [5.41, 5.74) is 3.30. The molecule has 0 saturated heterocycles. The first-order valence-corrected chi connectivity index (χ1v) is 4.24. The third kappa shape index (κ3) is 6.69. The largest absolute Gasteiger partial charge is 1.00 e. The summed E-state index contributed by atoms with van der Waals surface area (Å²) in [6.45, 7) is 0. The Balaban J connectivity index is 0. The fraction of sp³-hybridized carbons (Fsp3) is 0.143. The van der Waals surface area contributed by atoms with Gasteiger partial charge in [-0.15, -0.1) is 5.34 Å². The Hall–Kier alpha value is -0.340. The Labute approximate surface area is 117 Å². The van der Waals surface area contributed by atoms with Crippen molar-refractivity contribution in [1.82, 2.24) is 0 Å². The number of hydrazine groups is 1. The molecule has 6 nitrogen and oxygen atoms in total. The number of ether oxygens (including phenoxy) is 1. The van der Waals surface area contributed by atoms with Gasteiger partial charge in [0.1, 0.15) is 5.75 Å². The topological polar surface area (TPSA) is 99.8 Å². The van der Waals surface area contributed by atoms with Crippen LogP contribution in [0, 0.1) is 10.1 Å². The Morgan fingerprint density at radius 3 is 2.53 bits per heavy atom. The predicted octanol–water partition coefficient (Wildman–Crippen LogP) is -1.00. The van der Waals surface area contributed by atoms with Gasteiger partial charge in [-0.1, -0.05) is 15.9 Å². The van der Waals surface area contributed by atoms with Crippen molar-refractivity contribution >= 4 is 21.6 Å². The molecule has 3 N–H and O–H groups in total. The van der Waals surface area contributed by atoms with Crippen molar-refractivity contribution in [2.75, 3.05) is 12.5 Å². The molecule has 0 aliphatic heterocycles. The number of rotatable bonds is 2. The fourth-order valence-corrected chi connectivity index (χ4v) is 1.12. The van der Waals surface area contributed by atoms with E-state index in [-0.39, 0.29) is 29.6 Å². The van der Waals surface area contributed by atoms with E-state index in [1.165, 1.54) is 0 Å². The van der Waals surface area contributed by atoms with Crippen LogP contribution in [0.5, 0.6) is 5.75 Å². The maximum atomic E-state index is 8.00. The van der Waals surface area contributed by atoms with E-state index >= 15 is 0 Å². The summed E-state index contributed by atoms with van der Waals surface area (Å²) in [5, 5.41) is 9.00. The molecule has 1 rings (SSSR count). The van der Waals surface area contributed by atoms with Gasteiger partial charge in [-0.3, -0.25) is 5.84 Å². The van der Waals surface area contributed by atoms with E-state index in [0.717, 1.165) is 21.2 Å². The van der Waals surface area contributed by atoms with Crippen LogP contribution in [0.1, 0.15) is 0 Å². The van der Waals surface area contributed by atoms with Gasteiger partial charge in [0.2, 0.25) is 0 Å². The first kappa shape index (κ1) is 17.1. The summed E-state index contributed by atoms with van der Waals surface area (Å²) < 4.78 is 6.01. The number of nitrogen functional groups attached to an aromatic ring is 1. The normalized spacial score (nSPS) is 7.67. The molecule has 0 aliphatic rings. The zero-order valence-corrected chi connectivity index (χ0v) is 11.9. The number of nitrogens with one attached hydrogen (secondary N) is 1. The molecule has 0 unspecified atom stereocenters. The average Bonchev–Trinajstić information content (AvgIpc) is 2.19. The molecule has 0 atom stereocenters. The Kier molecular flexibility index (Phi) is 11.6. The van der Waals surface area contributed by atoms with Crippen LogP contribution in [-0.2, 0) is 0 Å². The van der Waals surface area contributed by atoms with Crippen molar-refractivity contribution in [3.63, 3.8) is 0 Å². The van der Waals surface area contributed by atoms with Crippen molar-refractivity contribution in [2.24, 2.45) is 11.2 Å². The van der Waals surface area contributed by atoms with Crippen molar-refractivity contribution in [1.29, 1.82) is 0 Å². The molecular weight excluding hydrogens is 277 g/mol. The van der Waals surface area contributed by atoms with Crippen LogP contribution < -0.4 is 45.6 Å². The van der Waals surface area contributed by atoms with Crippen LogP contribution in [-0.4, -0.2) is 7.11 Å². The zero-order valence-electron chi connectivity index (χ0n) is 8.36.